The van der Waals surface area contributed by atoms with Gasteiger partial charge in [0.15, 0.2) is 0 Å². The number of nitrogens with zero attached hydrogens (tertiary/aromatic N) is 3. The number of aryl methyl sites for hydroxylation is 1. The Morgan fingerprint density at radius 2 is 2.23 bits per heavy atom. The summed E-state index contributed by atoms with van der Waals surface area (Å²) in [6, 6.07) is 2.26. The van der Waals surface area contributed by atoms with Crippen molar-refractivity contribution in [2.24, 2.45) is 0 Å². The van der Waals surface area contributed by atoms with Gasteiger partial charge in [-0.05, 0) is 44.7 Å². The summed E-state index contributed by atoms with van der Waals surface area (Å²) in [5, 5.41) is 11.2. The van der Waals surface area contributed by atoms with E-state index in [1.807, 2.05) is 0 Å². The van der Waals surface area contributed by atoms with Crippen molar-refractivity contribution in [2.45, 2.75) is 70.4 Å². The summed E-state index contributed by atoms with van der Waals surface area (Å²) in [6.07, 6.45) is 5.67. The molecule has 26 heavy (non-hydrogen) atoms. The Kier molecular flexibility index (Phi) is 5.29. The van der Waals surface area contributed by atoms with E-state index in [0.717, 1.165) is 71.4 Å². The van der Waals surface area contributed by atoms with Crippen LogP contribution in [0.3, 0.4) is 0 Å². The predicted molar refractivity (Wildman–Crippen MR) is 98.6 cm³/mol. The van der Waals surface area contributed by atoms with E-state index in [2.05, 4.69) is 26.3 Å². The van der Waals surface area contributed by atoms with Crippen molar-refractivity contribution in [1.29, 1.82) is 0 Å². The first-order valence-corrected chi connectivity index (χ1v) is 10.0. The fourth-order valence-corrected chi connectivity index (χ4v) is 4.51. The van der Waals surface area contributed by atoms with Crippen molar-refractivity contribution < 1.29 is 9.53 Å². The number of rotatable bonds is 4. The van der Waals surface area contributed by atoms with Gasteiger partial charge in [-0.15, -0.1) is 0 Å². The van der Waals surface area contributed by atoms with Gasteiger partial charge >= 0.3 is 0 Å². The highest BCUT2D eigenvalue weighted by Gasteiger charge is 2.42. The van der Waals surface area contributed by atoms with Crippen molar-refractivity contribution in [2.75, 3.05) is 26.2 Å². The van der Waals surface area contributed by atoms with Gasteiger partial charge in [0.2, 0.25) is 5.91 Å². The second kappa shape index (κ2) is 7.66. The van der Waals surface area contributed by atoms with Crippen molar-refractivity contribution in [3.63, 3.8) is 0 Å². The minimum Gasteiger partial charge on any atom is -0.370 e. The van der Waals surface area contributed by atoms with Gasteiger partial charge in [-0.25, -0.2) is 0 Å². The second-order valence-electron chi connectivity index (χ2n) is 8.06. The number of likely N-dealkylation sites (tertiary alicyclic amines) is 1. The molecule has 144 valence electrons. The molecular formula is C19H31N5O2. The second-order valence-corrected chi connectivity index (χ2v) is 8.06. The molecule has 1 aromatic heterocycles. The molecule has 1 spiro atoms. The number of nitrogens with one attached hydrogen (secondary N) is 2. The first kappa shape index (κ1) is 17.9. The Morgan fingerprint density at radius 3 is 3.04 bits per heavy atom. The van der Waals surface area contributed by atoms with Gasteiger partial charge in [-0.3, -0.25) is 14.4 Å². The fraction of sp³-hybridized carbons (Fsp3) is 0.789. The highest BCUT2D eigenvalue weighted by atomic mass is 16.5. The van der Waals surface area contributed by atoms with Crippen molar-refractivity contribution >= 4 is 5.91 Å². The van der Waals surface area contributed by atoms with E-state index in [9.17, 15) is 4.79 Å². The molecule has 1 amide bonds. The molecule has 0 bridgehead atoms. The standard InChI is InChI=1S/C19H31N5O2/c1-15(25)21-13-18-3-4-19(26-18)5-9-23(10-6-19)14-16-11-17-12-20-7-2-8-24(17)22-16/h11,18,20H,2-10,12-14H2,1H3,(H,21,25)/t18-/m0/s1. The van der Waals surface area contributed by atoms with Crippen molar-refractivity contribution in [3.8, 4) is 0 Å². The Hall–Kier alpha value is -1.44. The number of piperidine rings is 1. The monoisotopic (exact) mass is 361 g/mol. The van der Waals surface area contributed by atoms with Gasteiger partial charge in [0.25, 0.3) is 0 Å². The number of fused-ring (bicyclic) bond motifs is 1. The summed E-state index contributed by atoms with van der Waals surface area (Å²) in [5.74, 6) is 0.0260. The van der Waals surface area contributed by atoms with Gasteiger partial charge in [0.1, 0.15) is 0 Å². The minimum absolute atomic E-state index is 0.0260. The van der Waals surface area contributed by atoms with E-state index in [1.54, 1.807) is 6.92 Å². The highest BCUT2D eigenvalue weighted by molar-refractivity contribution is 5.72. The zero-order chi connectivity index (χ0) is 18.0. The molecule has 2 saturated heterocycles. The van der Waals surface area contributed by atoms with E-state index in [1.165, 1.54) is 11.4 Å². The van der Waals surface area contributed by atoms with Gasteiger partial charge in [0.05, 0.1) is 23.1 Å². The molecule has 2 fully saturated rings. The highest BCUT2D eigenvalue weighted by Crippen LogP contribution is 2.38. The Balaban J connectivity index is 1.27. The number of carbonyl (C=O) groups excluding carboxylic acids is 1. The molecule has 4 heterocycles. The molecule has 0 aromatic carbocycles. The average molecular weight is 361 g/mol. The Labute approximate surface area is 155 Å². The van der Waals surface area contributed by atoms with Gasteiger partial charge in [0, 0.05) is 46.2 Å². The molecule has 3 aliphatic rings. The normalized spacial score (nSPS) is 25.8. The van der Waals surface area contributed by atoms with Crippen LogP contribution in [0.1, 0.15) is 50.4 Å². The lowest BCUT2D eigenvalue weighted by Crippen LogP contribution is -2.44. The number of aromatic nitrogens is 2. The summed E-state index contributed by atoms with van der Waals surface area (Å²) in [4.78, 5) is 13.6. The SMILES string of the molecule is CC(=O)NC[C@@H]1CCC2(CCN(Cc3cc4n(n3)CCCNC4)CC2)O1. The van der Waals surface area contributed by atoms with Crippen LogP contribution in [-0.4, -0.2) is 58.5 Å². The summed E-state index contributed by atoms with van der Waals surface area (Å²) in [5.41, 5.74) is 2.54. The van der Waals surface area contributed by atoms with Crippen LogP contribution in [0.15, 0.2) is 6.07 Å². The van der Waals surface area contributed by atoms with Crippen LogP contribution in [0.25, 0.3) is 0 Å². The predicted octanol–water partition coefficient (Wildman–Crippen LogP) is 1.03. The van der Waals surface area contributed by atoms with Crippen LogP contribution in [-0.2, 0) is 29.2 Å². The molecule has 0 aliphatic carbocycles. The summed E-state index contributed by atoms with van der Waals surface area (Å²) in [7, 11) is 0. The molecule has 1 atom stereocenters. The van der Waals surface area contributed by atoms with Crippen LogP contribution in [0.5, 0.6) is 0 Å². The Bertz CT molecular complexity index is 612. The largest absolute Gasteiger partial charge is 0.370 e. The van der Waals surface area contributed by atoms with Crippen LogP contribution in [0.4, 0.5) is 0 Å². The Morgan fingerprint density at radius 1 is 1.38 bits per heavy atom. The van der Waals surface area contributed by atoms with Gasteiger partial charge in [-0.2, -0.15) is 5.10 Å². The molecule has 7 nitrogen and oxygen atoms in total. The molecule has 0 radical (unpaired) electrons. The van der Waals surface area contributed by atoms with E-state index < -0.39 is 0 Å². The first-order valence-electron chi connectivity index (χ1n) is 10.0. The van der Waals surface area contributed by atoms with Crippen LogP contribution < -0.4 is 10.6 Å². The van der Waals surface area contributed by atoms with Crippen LogP contribution in [0.2, 0.25) is 0 Å². The molecule has 7 heteroatoms. The first-order chi connectivity index (χ1) is 12.6. The summed E-state index contributed by atoms with van der Waals surface area (Å²) >= 11 is 0. The lowest BCUT2D eigenvalue weighted by Gasteiger charge is -2.39. The molecule has 0 unspecified atom stereocenters. The van der Waals surface area contributed by atoms with E-state index in [-0.39, 0.29) is 17.6 Å². The summed E-state index contributed by atoms with van der Waals surface area (Å²) in [6.45, 7) is 8.31. The molecule has 0 saturated carbocycles. The average Bonchev–Trinajstić information content (AvgIpc) is 3.13. The third-order valence-electron chi connectivity index (χ3n) is 6.01. The quantitative estimate of drug-likeness (QED) is 0.838. The topological polar surface area (TPSA) is 71.4 Å². The zero-order valence-electron chi connectivity index (χ0n) is 15.8. The van der Waals surface area contributed by atoms with E-state index in [0.29, 0.717) is 6.54 Å². The van der Waals surface area contributed by atoms with Crippen molar-refractivity contribution in [1.82, 2.24) is 25.3 Å². The molecule has 3 aliphatic heterocycles. The number of ether oxygens (including phenoxy) is 1. The fourth-order valence-electron chi connectivity index (χ4n) is 4.51. The molecule has 2 N–H and O–H groups in total. The minimum atomic E-state index is 0.0260. The molecular weight excluding hydrogens is 330 g/mol. The number of hydrogen-bond donors (Lipinski definition) is 2. The molecule has 4 rings (SSSR count). The van der Waals surface area contributed by atoms with Crippen molar-refractivity contribution in [3.05, 3.63) is 17.5 Å². The van der Waals surface area contributed by atoms with Gasteiger partial charge < -0.3 is 15.4 Å². The third kappa shape index (κ3) is 4.10. The maximum Gasteiger partial charge on any atom is 0.216 e. The third-order valence-corrected chi connectivity index (χ3v) is 6.01. The van der Waals surface area contributed by atoms with E-state index in [4.69, 9.17) is 9.84 Å². The number of hydrogen-bond acceptors (Lipinski definition) is 5. The number of carbonyl (C=O) groups is 1. The smallest absolute Gasteiger partial charge is 0.216 e. The number of amides is 1. The molecule has 1 aromatic rings. The van der Waals surface area contributed by atoms with Crippen LogP contribution in [0, 0.1) is 0 Å². The lowest BCUT2D eigenvalue weighted by atomic mass is 9.88. The summed E-state index contributed by atoms with van der Waals surface area (Å²) < 4.78 is 8.52. The maximum atomic E-state index is 11.1. The van der Waals surface area contributed by atoms with Gasteiger partial charge in [-0.1, -0.05) is 0 Å². The zero-order valence-corrected chi connectivity index (χ0v) is 15.8. The van der Waals surface area contributed by atoms with Crippen LogP contribution >= 0.6 is 0 Å². The maximum absolute atomic E-state index is 11.1. The van der Waals surface area contributed by atoms with E-state index >= 15 is 0 Å². The lowest BCUT2D eigenvalue weighted by molar-refractivity contribution is -0.120.